The molecule has 1 aromatic carbocycles. The van der Waals surface area contributed by atoms with E-state index in [1.165, 1.54) is 10.9 Å². The van der Waals surface area contributed by atoms with E-state index in [2.05, 4.69) is 61.9 Å². The van der Waals surface area contributed by atoms with Crippen molar-refractivity contribution in [3.63, 3.8) is 0 Å². The van der Waals surface area contributed by atoms with Gasteiger partial charge in [-0.25, -0.2) is 15.0 Å². The average molecular weight is 360 g/mol. The zero-order chi connectivity index (χ0) is 18.2. The first-order chi connectivity index (χ1) is 13.3. The number of benzene rings is 1. The van der Waals surface area contributed by atoms with Gasteiger partial charge in [-0.1, -0.05) is 18.2 Å². The molecule has 0 spiro atoms. The number of rotatable bonds is 3. The van der Waals surface area contributed by atoms with Crippen LogP contribution in [0.2, 0.25) is 0 Å². The maximum absolute atomic E-state index is 4.87. The molecule has 4 heterocycles. The van der Waals surface area contributed by atoms with Gasteiger partial charge in [-0.15, -0.1) is 0 Å². The molecule has 3 aromatic rings. The fourth-order valence-corrected chi connectivity index (χ4v) is 4.11. The maximum atomic E-state index is 4.87. The van der Waals surface area contributed by atoms with Gasteiger partial charge in [0, 0.05) is 63.1 Å². The molecule has 6 heteroatoms. The Morgan fingerprint density at radius 3 is 2.41 bits per heavy atom. The van der Waals surface area contributed by atoms with Gasteiger partial charge in [-0.05, 0) is 30.7 Å². The first-order valence-electron chi connectivity index (χ1n) is 9.65. The minimum Gasteiger partial charge on any atom is -0.353 e. The van der Waals surface area contributed by atoms with Crippen LogP contribution in [0, 0.1) is 6.92 Å². The lowest BCUT2D eigenvalue weighted by atomic mass is 10.0. The van der Waals surface area contributed by atoms with Crippen LogP contribution in [0.15, 0.2) is 48.8 Å². The highest BCUT2D eigenvalue weighted by atomic mass is 15.4. The molecule has 138 valence electrons. The Balaban J connectivity index is 1.21. The number of aromatic nitrogens is 3. The van der Waals surface area contributed by atoms with Gasteiger partial charge >= 0.3 is 0 Å². The molecule has 0 saturated carbocycles. The van der Waals surface area contributed by atoms with Crippen LogP contribution >= 0.6 is 0 Å². The molecule has 6 nitrogen and oxygen atoms in total. The van der Waals surface area contributed by atoms with E-state index in [1.807, 2.05) is 18.5 Å². The van der Waals surface area contributed by atoms with Gasteiger partial charge in [0.25, 0.3) is 0 Å². The van der Waals surface area contributed by atoms with E-state index < -0.39 is 0 Å². The van der Waals surface area contributed by atoms with Crippen LogP contribution < -0.4 is 9.80 Å². The standard InChI is InChI=1S/C21H24N6/c1-16-13-20(24-19-6-3-2-5-18(16)19)27-14-17(15-27)25-9-11-26(12-10-25)21-22-7-4-8-23-21/h2-8,13,17H,9-12,14-15H2,1H3. The van der Waals surface area contributed by atoms with E-state index in [9.17, 15) is 0 Å². The third kappa shape index (κ3) is 3.10. The van der Waals surface area contributed by atoms with Crippen molar-refractivity contribution < 1.29 is 0 Å². The molecular formula is C21H24N6. The summed E-state index contributed by atoms with van der Waals surface area (Å²) in [5.74, 6) is 1.96. The minimum atomic E-state index is 0.623. The highest BCUT2D eigenvalue weighted by Gasteiger charge is 2.34. The fourth-order valence-electron chi connectivity index (χ4n) is 4.11. The average Bonchev–Trinajstić information content (AvgIpc) is 2.68. The van der Waals surface area contributed by atoms with E-state index in [1.54, 1.807) is 0 Å². The van der Waals surface area contributed by atoms with Crippen LogP contribution in [0.4, 0.5) is 11.8 Å². The van der Waals surface area contributed by atoms with Crippen molar-refractivity contribution in [2.45, 2.75) is 13.0 Å². The number of hydrogen-bond acceptors (Lipinski definition) is 6. The topological polar surface area (TPSA) is 48.4 Å². The van der Waals surface area contributed by atoms with Crippen LogP contribution in [0.1, 0.15) is 5.56 Å². The van der Waals surface area contributed by atoms with Crippen molar-refractivity contribution in [2.24, 2.45) is 0 Å². The molecule has 0 bridgehead atoms. The lowest BCUT2D eigenvalue weighted by Crippen LogP contribution is -2.63. The molecule has 2 fully saturated rings. The molecule has 0 atom stereocenters. The predicted octanol–water partition coefficient (Wildman–Crippen LogP) is 2.34. The Morgan fingerprint density at radius 1 is 0.889 bits per heavy atom. The van der Waals surface area contributed by atoms with E-state index in [4.69, 9.17) is 4.98 Å². The predicted molar refractivity (Wildman–Crippen MR) is 108 cm³/mol. The summed E-state index contributed by atoms with van der Waals surface area (Å²) < 4.78 is 0. The van der Waals surface area contributed by atoms with Crippen LogP contribution in [0.25, 0.3) is 10.9 Å². The van der Waals surface area contributed by atoms with Crippen molar-refractivity contribution in [3.05, 3.63) is 54.4 Å². The van der Waals surface area contributed by atoms with Crippen molar-refractivity contribution >= 4 is 22.7 Å². The molecule has 0 radical (unpaired) electrons. The molecule has 5 rings (SSSR count). The zero-order valence-corrected chi connectivity index (χ0v) is 15.6. The molecule has 0 N–H and O–H groups in total. The molecule has 0 unspecified atom stereocenters. The summed E-state index contributed by atoms with van der Waals surface area (Å²) in [6, 6.07) is 13.1. The number of fused-ring (bicyclic) bond motifs is 1. The number of piperazine rings is 1. The maximum Gasteiger partial charge on any atom is 0.225 e. The second-order valence-electron chi connectivity index (χ2n) is 7.45. The lowest BCUT2D eigenvalue weighted by Gasteiger charge is -2.48. The van der Waals surface area contributed by atoms with Gasteiger partial charge in [0.2, 0.25) is 5.95 Å². The zero-order valence-electron chi connectivity index (χ0n) is 15.6. The summed E-state index contributed by atoms with van der Waals surface area (Å²) in [5, 5.41) is 1.25. The summed E-state index contributed by atoms with van der Waals surface area (Å²) in [6.45, 7) is 8.43. The highest BCUT2D eigenvalue weighted by Crippen LogP contribution is 2.27. The molecule has 2 aliphatic heterocycles. The van der Waals surface area contributed by atoms with Gasteiger partial charge < -0.3 is 9.80 Å². The fraction of sp³-hybridized carbons (Fsp3) is 0.381. The molecule has 2 aromatic heterocycles. The van der Waals surface area contributed by atoms with E-state index in [-0.39, 0.29) is 0 Å². The number of aryl methyl sites for hydroxylation is 1. The van der Waals surface area contributed by atoms with Crippen LogP contribution in [0.5, 0.6) is 0 Å². The van der Waals surface area contributed by atoms with Crippen molar-refractivity contribution in [1.82, 2.24) is 19.9 Å². The van der Waals surface area contributed by atoms with E-state index >= 15 is 0 Å². The van der Waals surface area contributed by atoms with E-state index in [0.717, 1.165) is 56.6 Å². The normalized spacial score (nSPS) is 18.7. The number of hydrogen-bond donors (Lipinski definition) is 0. The SMILES string of the molecule is Cc1cc(N2CC(N3CCN(c4ncccn4)CC3)C2)nc2ccccc12. The number of anilines is 2. The first kappa shape index (κ1) is 16.4. The number of pyridine rings is 1. The smallest absolute Gasteiger partial charge is 0.225 e. The third-order valence-corrected chi connectivity index (χ3v) is 5.76. The summed E-state index contributed by atoms with van der Waals surface area (Å²) in [7, 11) is 0. The van der Waals surface area contributed by atoms with Crippen LogP contribution in [-0.2, 0) is 0 Å². The van der Waals surface area contributed by atoms with Gasteiger partial charge in [-0.3, -0.25) is 4.90 Å². The quantitative estimate of drug-likeness (QED) is 0.715. The second kappa shape index (κ2) is 6.78. The van der Waals surface area contributed by atoms with E-state index in [0.29, 0.717) is 6.04 Å². The van der Waals surface area contributed by atoms with Crippen molar-refractivity contribution in [3.8, 4) is 0 Å². The highest BCUT2D eigenvalue weighted by molar-refractivity contribution is 5.84. The molecule has 0 amide bonds. The molecule has 2 aliphatic rings. The Kier molecular flexibility index (Phi) is 4.13. The van der Waals surface area contributed by atoms with Crippen molar-refractivity contribution in [1.29, 1.82) is 0 Å². The Bertz CT molecular complexity index is 930. The first-order valence-corrected chi connectivity index (χ1v) is 9.65. The number of para-hydroxylation sites is 1. The third-order valence-electron chi connectivity index (χ3n) is 5.76. The Labute approximate surface area is 159 Å². The molecule has 0 aliphatic carbocycles. The van der Waals surface area contributed by atoms with Gasteiger partial charge in [0.05, 0.1) is 5.52 Å². The van der Waals surface area contributed by atoms with Gasteiger partial charge in [0.15, 0.2) is 0 Å². The summed E-state index contributed by atoms with van der Waals surface area (Å²) >= 11 is 0. The minimum absolute atomic E-state index is 0.623. The van der Waals surface area contributed by atoms with Gasteiger partial charge in [0.1, 0.15) is 5.82 Å². The molecule has 2 saturated heterocycles. The summed E-state index contributed by atoms with van der Waals surface area (Å²) in [4.78, 5) is 20.9. The number of nitrogens with zero attached hydrogens (tertiary/aromatic N) is 6. The Morgan fingerprint density at radius 2 is 1.63 bits per heavy atom. The van der Waals surface area contributed by atoms with Crippen LogP contribution in [-0.4, -0.2) is 65.2 Å². The second-order valence-corrected chi connectivity index (χ2v) is 7.45. The van der Waals surface area contributed by atoms with Gasteiger partial charge in [-0.2, -0.15) is 0 Å². The van der Waals surface area contributed by atoms with Crippen molar-refractivity contribution in [2.75, 3.05) is 49.1 Å². The molecule has 27 heavy (non-hydrogen) atoms. The largest absolute Gasteiger partial charge is 0.353 e. The summed E-state index contributed by atoms with van der Waals surface area (Å²) in [6.07, 6.45) is 3.63. The lowest BCUT2D eigenvalue weighted by molar-refractivity contribution is 0.156. The van der Waals surface area contributed by atoms with Crippen LogP contribution in [0.3, 0.4) is 0 Å². The Hall–Kier alpha value is -2.73. The monoisotopic (exact) mass is 360 g/mol. The summed E-state index contributed by atoms with van der Waals surface area (Å²) in [5.41, 5.74) is 2.39. The molecular weight excluding hydrogens is 336 g/mol.